The van der Waals surface area contributed by atoms with E-state index in [0.29, 0.717) is 36.0 Å². The molecule has 0 amide bonds. The Balaban J connectivity index is 1.38. The van der Waals surface area contributed by atoms with Crippen LogP contribution in [0.3, 0.4) is 0 Å². The number of piperidine rings is 1. The van der Waals surface area contributed by atoms with Gasteiger partial charge in [-0.1, -0.05) is 23.7 Å². The molecule has 1 spiro atoms. The summed E-state index contributed by atoms with van der Waals surface area (Å²) >= 11 is 6.00. The first-order valence-electron chi connectivity index (χ1n) is 11.1. The number of likely N-dealkylation sites (tertiary alicyclic amines) is 1. The molecule has 0 saturated carbocycles. The molecule has 2 unspecified atom stereocenters. The van der Waals surface area contributed by atoms with Gasteiger partial charge in [0.05, 0.1) is 12.0 Å². The van der Waals surface area contributed by atoms with E-state index < -0.39 is 23.5 Å². The predicted octanol–water partition coefficient (Wildman–Crippen LogP) is 3.23. The predicted molar refractivity (Wildman–Crippen MR) is 117 cm³/mol. The fraction of sp³-hybridized carbons (Fsp3) is 0.500. The number of carbonyl (C=O) groups is 2. The summed E-state index contributed by atoms with van der Waals surface area (Å²) in [5.41, 5.74) is 2.11. The zero-order chi connectivity index (χ0) is 22.5. The number of aromatic nitrogens is 1. The molecule has 8 heteroatoms. The number of aliphatic hydroxyl groups is 1. The number of aryl methyl sites for hydroxylation is 1. The van der Waals surface area contributed by atoms with Crippen LogP contribution in [-0.4, -0.2) is 45.5 Å². The highest BCUT2D eigenvalue weighted by atomic mass is 35.5. The molecule has 5 rings (SSSR count). The SMILES string of the molecule is Cn1ccc2c1CCCC2CCN1CCC(O)(c2ccc(Cl)cc2)CC12OC(=O)C(=O)O2. The lowest BCUT2D eigenvalue weighted by atomic mass is 9.81. The van der Waals surface area contributed by atoms with Crippen LogP contribution in [0.2, 0.25) is 5.02 Å². The van der Waals surface area contributed by atoms with Gasteiger partial charge in [-0.05, 0) is 67.3 Å². The molecular weight excluding hydrogens is 432 g/mol. The lowest BCUT2D eigenvalue weighted by molar-refractivity contribution is -0.293. The van der Waals surface area contributed by atoms with Crippen molar-refractivity contribution in [2.24, 2.45) is 7.05 Å². The second-order valence-corrected chi connectivity index (χ2v) is 9.59. The molecule has 1 N–H and O–H groups in total. The number of ether oxygens (including phenoxy) is 2. The molecule has 2 aliphatic heterocycles. The Labute approximate surface area is 191 Å². The zero-order valence-corrected chi connectivity index (χ0v) is 18.8. The summed E-state index contributed by atoms with van der Waals surface area (Å²) in [6.45, 7) is 1.02. The summed E-state index contributed by atoms with van der Waals surface area (Å²) in [4.78, 5) is 26.0. The molecule has 170 valence electrons. The van der Waals surface area contributed by atoms with E-state index in [1.54, 1.807) is 24.3 Å². The normalized spacial score (nSPS) is 27.3. The first-order valence-corrected chi connectivity index (χ1v) is 11.5. The summed E-state index contributed by atoms with van der Waals surface area (Å²) in [6, 6.07) is 9.12. The van der Waals surface area contributed by atoms with Crippen LogP contribution in [0.15, 0.2) is 36.5 Å². The molecule has 0 bridgehead atoms. The van der Waals surface area contributed by atoms with Crippen LogP contribution in [0.1, 0.15) is 54.8 Å². The van der Waals surface area contributed by atoms with Crippen LogP contribution in [0.5, 0.6) is 0 Å². The minimum atomic E-state index is -1.59. The van der Waals surface area contributed by atoms with Crippen molar-refractivity contribution >= 4 is 23.5 Å². The molecule has 2 aromatic rings. The Morgan fingerprint density at radius 1 is 1.16 bits per heavy atom. The Morgan fingerprint density at radius 2 is 1.88 bits per heavy atom. The maximum absolute atomic E-state index is 12.0. The van der Waals surface area contributed by atoms with Gasteiger partial charge >= 0.3 is 17.8 Å². The van der Waals surface area contributed by atoms with Gasteiger partial charge in [0, 0.05) is 37.1 Å². The number of nitrogens with zero attached hydrogens (tertiary/aromatic N) is 2. The van der Waals surface area contributed by atoms with Gasteiger partial charge in [0.15, 0.2) is 0 Å². The molecule has 1 aromatic heterocycles. The Kier molecular flexibility index (Phi) is 5.31. The van der Waals surface area contributed by atoms with E-state index in [4.69, 9.17) is 21.1 Å². The number of fused-ring (bicyclic) bond motifs is 1. The van der Waals surface area contributed by atoms with Gasteiger partial charge in [-0.2, -0.15) is 0 Å². The second-order valence-electron chi connectivity index (χ2n) is 9.15. The van der Waals surface area contributed by atoms with Crippen LogP contribution in [0.4, 0.5) is 0 Å². The standard InChI is InChI=1S/C24H27ClN2O5/c1-26-12-10-19-16(3-2-4-20(19)26)9-13-27-14-11-23(30,17-5-7-18(25)8-6-17)15-24(27)31-21(28)22(29)32-24/h5-8,10,12,16,30H,2-4,9,11,13-15H2,1H3. The minimum Gasteiger partial charge on any atom is -0.400 e. The summed E-state index contributed by atoms with van der Waals surface area (Å²) in [6.07, 6.45) is 6.68. The third-order valence-electron chi connectivity index (χ3n) is 7.24. The van der Waals surface area contributed by atoms with Crippen molar-refractivity contribution < 1.29 is 24.2 Å². The second kappa shape index (κ2) is 7.90. The molecule has 3 heterocycles. The van der Waals surface area contributed by atoms with Gasteiger partial charge < -0.3 is 19.1 Å². The molecule has 1 aromatic carbocycles. The summed E-state index contributed by atoms with van der Waals surface area (Å²) in [7, 11) is 2.08. The molecule has 2 fully saturated rings. The number of hydrogen-bond donors (Lipinski definition) is 1. The first-order chi connectivity index (χ1) is 15.3. The van der Waals surface area contributed by atoms with Crippen molar-refractivity contribution in [3.05, 3.63) is 58.4 Å². The average Bonchev–Trinajstić information content (AvgIpc) is 3.27. The lowest BCUT2D eigenvalue weighted by Crippen LogP contribution is -2.59. The Hall–Kier alpha value is -2.35. The maximum atomic E-state index is 12.0. The number of halogens is 1. The molecule has 3 aliphatic rings. The van der Waals surface area contributed by atoms with Crippen molar-refractivity contribution in [3.63, 3.8) is 0 Å². The van der Waals surface area contributed by atoms with Crippen LogP contribution in [0.25, 0.3) is 0 Å². The fourth-order valence-electron chi connectivity index (χ4n) is 5.50. The number of carbonyl (C=O) groups excluding carboxylic acids is 2. The highest BCUT2D eigenvalue weighted by Gasteiger charge is 2.60. The van der Waals surface area contributed by atoms with E-state index in [-0.39, 0.29) is 6.42 Å². The zero-order valence-electron chi connectivity index (χ0n) is 18.1. The Bertz CT molecular complexity index is 1030. The van der Waals surface area contributed by atoms with Crippen LogP contribution < -0.4 is 0 Å². The molecule has 1 aliphatic carbocycles. The Morgan fingerprint density at radius 3 is 2.59 bits per heavy atom. The molecule has 2 atom stereocenters. The van der Waals surface area contributed by atoms with Crippen molar-refractivity contribution in [1.82, 2.24) is 9.47 Å². The fourth-order valence-corrected chi connectivity index (χ4v) is 5.63. The van der Waals surface area contributed by atoms with Gasteiger partial charge in [-0.3, -0.25) is 0 Å². The maximum Gasteiger partial charge on any atom is 0.421 e. The smallest absolute Gasteiger partial charge is 0.400 e. The number of benzene rings is 1. The largest absolute Gasteiger partial charge is 0.421 e. The quantitative estimate of drug-likeness (QED) is 0.559. The lowest BCUT2D eigenvalue weighted by Gasteiger charge is -2.47. The molecular formula is C24H27ClN2O5. The van der Waals surface area contributed by atoms with Crippen molar-refractivity contribution in [2.45, 2.75) is 56.0 Å². The number of hydrogen-bond acceptors (Lipinski definition) is 6. The highest BCUT2D eigenvalue weighted by molar-refractivity contribution is 6.31. The van der Waals surface area contributed by atoms with Crippen molar-refractivity contribution in [1.29, 1.82) is 0 Å². The topological polar surface area (TPSA) is 81.0 Å². The first kappa shape index (κ1) is 21.5. The average molecular weight is 459 g/mol. The third kappa shape index (κ3) is 3.62. The van der Waals surface area contributed by atoms with Gasteiger partial charge in [0.25, 0.3) is 0 Å². The van der Waals surface area contributed by atoms with E-state index in [0.717, 1.165) is 25.7 Å². The van der Waals surface area contributed by atoms with E-state index in [9.17, 15) is 14.7 Å². The van der Waals surface area contributed by atoms with Crippen LogP contribution >= 0.6 is 11.6 Å². The van der Waals surface area contributed by atoms with Gasteiger partial charge in [-0.15, -0.1) is 0 Å². The van der Waals surface area contributed by atoms with E-state index in [1.165, 1.54) is 11.3 Å². The summed E-state index contributed by atoms with van der Waals surface area (Å²) < 4.78 is 13.2. The molecule has 32 heavy (non-hydrogen) atoms. The molecule has 0 radical (unpaired) electrons. The minimum absolute atomic E-state index is 0.0413. The van der Waals surface area contributed by atoms with Gasteiger partial charge in [0.2, 0.25) is 0 Å². The van der Waals surface area contributed by atoms with Crippen molar-refractivity contribution in [3.8, 4) is 0 Å². The summed E-state index contributed by atoms with van der Waals surface area (Å²) in [5, 5.41) is 12.0. The third-order valence-corrected chi connectivity index (χ3v) is 7.49. The summed E-state index contributed by atoms with van der Waals surface area (Å²) in [5.74, 6) is -3.21. The number of esters is 2. The van der Waals surface area contributed by atoms with Gasteiger partial charge in [-0.25, -0.2) is 14.5 Å². The number of rotatable bonds is 4. The van der Waals surface area contributed by atoms with Crippen molar-refractivity contribution in [2.75, 3.05) is 13.1 Å². The van der Waals surface area contributed by atoms with Crippen LogP contribution in [0, 0.1) is 0 Å². The molecule has 7 nitrogen and oxygen atoms in total. The van der Waals surface area contributed by atoms with E-state index >= 15 is 0 Å². The van der Waals surface area contributed by atoms with E-state index in [2.05, 4.69) is 23.9 Å². The monoisotopic (exact) mass is 458 g/mol. The highest BCUT2D eigenvalue weighted by Crippen LogP contribution is 2.45. The van der Waals surface area contributed by atoms with Crippen LogP contribution in [-0.2, 0) is 38.1 Å². The van der Waals surface area contributed by atoms with Gasteiger partial charge in [0.1, 0.15) is 0 Å². The molecule has 2 saturated heterocycles. The van der Waals surface area contributed by atoms with E-state index in [1.807, 2.05) is 4.90 Å².